The van der Waals surface area contributed by atoms with Crippen molar-refractivity contribution in [1.82, 2.24) is 14.9 Å². The Kier molecular flexibility index (Phi) is 7.34. The summed E-state index contributed by atoms with van der Waals surface area (Å²) in [6, 6.07) is 14.9. The molecule has 5 nitrogen and oxygen atoms in total. The molecule has 152 valence electrons. The number of fused-ring (bicyclic) bond motifs is 1. The third-order valence-electron chi connectivity index (χ3n) is 4.36. The van der Waals surface area contributed by atoms with E-state index in [2.05, 4.69) is 24.1 Å². The van der Waals surface area contributed by atoms with Gasteiger partial charge in [0, 0.05) is 18.1 Å². The molecule has 29 heavy (non-hydrogen) atoms. The van der Waals surface area contributed by atoms with Crippen LogP contribution >= 0.6 is 23.4 Å². The Morgan fingerprint density at radius 1 is 1.17 bits per heavy atom. The maximum Gasteiger partial charge on any atom is 0.262 e. The number of halogens is 1. The van der Waals surface area contributed by atoms with E-state index in [0.29, 0.717) is 40.1 Å². The Morgan fingerprint density at radius 3 is 2.62 bits per heavy atom. The van der Waals surface area contributed by atoms with Crippen molar-refractivity contribution in [3.05, 3.63) is 69.5 Å². The molecular weight excluding hydrogens is 406 g/mol. The van der Waals surface area contributed by atoms with Gasteiger partial charge in [-0.05, 0) is 42.2 Å². The van der Waals surface area contributed by atoms with Gasteiger partial charge in [-0.1, -0.05) is 61.5 Å². The molecule has 1 amide bonds. The fourth-order valence-electron chi connectivity index (χ4n) is 2.96. The number of benzene rings is 2. The van der Waals surface area contributed by atoms with Gasteiger partial charge in [0.05, 0.1) is 16.7 Å². The van der Waals surface area contributed by atoms with Crippen molar-refractivity contribution in [2.24, 2.45) is 5.92 Å². The molecule has 0 saturated carbocycles. The summed E-state index contributed by atoms with van der Waals surface area (Å²) in [6.07, 6.45) is 0.736. The first kappa shape index (κ1) is 21.4. The minimum Gasteiger partial charge on any atom is -0.355 e. The van der Waals surface area contributed by atoms with Gasteiger partial charge in [-0.2, -0.15) is 0 Å². The van der Waals surface area contributed by atoms with Gasteiger partial charge < -0.3 is 5.32 Å². The van der Waals surface area contributed by atoms with E-state index in [4.69, 9.17) is 11.6 Å². The van der Waals surface area contributed by atoms with Gasteiger partial charge in [-0.25, -0.2) is 4.98 Å². The highest BCUT2D eigenvalue weighted by atomic mass is 35.5. The van der Waals surface area contributed by atoms with Crippen molar-refractivity contribution in [3.63, 3.8) is 0 Å². The van der Waals surface area contributed by atoms with E-state index in [-0.39, 0.29) is 17.2 Å². The lowest BCUT2D eigenvalue weighted by Gasteiger charge is -2.14. The first-order valence-corrected chi connectivity index (χ1v) is 10.9. The number of rotatable bonds is 8. The molecule has 3 rings (SSSR count). The number of para-hydroxylation sites is 1. The van der Waals surface area contributed by atoms with E-state index in [1.165, 1.54) is 11.8 Å². The minimum atomic E-state index is -0.0810. The third-order valence-corrected chi connectivity index (χ3v) is 5.58. The molecule has 1 N–H and O–H groups in total. The molecule has 0 aliphatic heterocycles. The lowest BCUT2D eigenvalue weighted by molar-refractivity contribution is -0.118. The SMILES string of the molecule is CC(C)Cn1c(SCC(=O)NCCc2ccc(Cl)cc2)nc2ccccc2c1=O. The number of amides is 1. The Bertz CT molecular complexity index is 1050. The van der Waals surface area contributed by atoms with Crippen molar-refractivity contribution in [2.75, 3.05) is 12.3 Å². The zero-order valence-corrected chi connectivity index (χ0v) is 18.1. The topological polar surface area (TPSA) is 64.0 Å². The van der Waals surface area contributed by atoms with E-state index in [1.54, 1.807) is 10.6 Å². The van der Waals surface area contributed by atoms with Gasteiger partial charge >= 0.3 is 0 Å². The molecular formula is C22H24ClN3O2S. The van der Waals surface area contributed by atoms with E-state index in [9.17, 15) is 9.59 Å². The van der Waals surface area contributed by atoms with Gasteiger partial charge in [0.25, 0.3) is 5.56 Å². The van der Waals surface area contributed by atoms with Crippen LogP contribution in [0.3, 0.4) is 0 Å². The number of aromatic nitrogens is 2. The van der Waals surface area contributed by atoms with Crippen molar-refractivity contribution in [1.29, 1.82) is 0 Å². The Balaban J connectivity index is 1.65. The largest absolute Gasteiger partial charge is 0.355 e. The first-order chi connectivity index (χ1) is 13.9. The second kappa shape index (κ2) is 9.94. The molecule has 2 aromatic carbocycles. The van der Waals surface area contributed by atoms with E-state index in [1.807, 2.05) is 42.5 Å². The van der Waals surface area contributed by atoms with E-state index >= 15 is 0 Å². The highest BCUT2D eigenvalue weighted by molar-refractivity contribution is 7.99. The van der Waals surface area contributed by atoms with Gasteiger partial charge in [-0.15, -0.1) is 0 Å². The van der Waals surface area contributed by atoms with Crippen LogP contribution in [0.2, 0.25) is 5.02 Å². The molecule has 0 fully saturated rings. The molecule has 7 heteroatoms. The van der Waals surface area contributed by atoms with Gasteiger partial charge in [0.1, 0.15) is 0 Å². The molecule has 1 aromatic heterocycles. The summed E-state index contributed by atoms with van der Waals surface area (Å²) in [5, 5.41) is 4.80. The van der Waals surface area contributed by atoms with Gasteiger partial charge in [0.2, 0.25) is 5.91 Å². The molecule has 1 heterocycles. The highest BCUT2D eigenvalue weighted by Crippen LogP contribution is 2.18. The maximum atomic E-state index is 12.9. The molecule has 0 saturated heterocycles. The van der Waals surface area contributed by atoms with Gasteiger partial charge in [-0.3, -0.25) is 14.2 Å². The normalized spacial score (nSPS) is 11.2. The zero-order valence-electron chi connectivity index (χ0n) is 16.5. The summed E-state index contributed by atoms with van der Waals surface area (Å²) in [4.78, 5) is 29.8. The lowest BCUT2D eigenvalue weighted by atomic mass is 10.1. The van der Waals surface area contributed by atoms with E-state index < -0.39 is 0 Å². The summed E-state index contributed by atoms with van der Waals surface area (Å²) in [5.74, 6) is 0.425. The number of hydrogen-bond acceptors (Lipinski definition) is 4. The molecule has 0 aliphatic carbocycles. The number of hydrogen-bond donors (Lipinski definition) is 1. The summed E-state index contributed by atoms with van der Waals surface area (Å²) in [6.45, 7) is 5.22. The fraction of sp³-hybridized carbons (Fsp3) is 0.318. The van der Waals surface area contributed by atoms with Crippen LogP contribution in [0.15, 0.2) is 58.5 Å². The first-order valence-electron chi connectivity index (χ1n) is 9.57. The van der Waals surface area contributed by atoms with Crippen molar-refractivity contribution in [2.45, 2.75) is 32.0 Å². The number of nitrogens with one attached hydrogen (secondary N) is 1. The number of carbonyl (C=O) groups excluding carboxylic acids is 1. The second-order valence-corrected chi connectivity index (χ2v) is 8.62. The van der Waals surface area contributed by atoms with E-state index in [0.717, 1.165) is 12.0 Å². The smallest absolute Gasteiger partial charge is 0.262 e. The van der Waals surface area contributed by atoms with Crippen LogP contribution in [0, 0.1) is 5.92 Å². The van der Waals surface area contributed by atoms with Crippen LogP contribution in [0.4, 0.5) is 0 Å². The lowest BCUT2D eigenvalue weighted by Crippen LogP contribution is -2.29. The quantitative estimate of drug-likeness (QED) is 0.431. The summed E-state index contributed by atoms with van der Waals surface area (Å²) < 4.78 is 1.68. The molecule has 0 spiro atoms. The van der Waals surface area contributed by atoms with Crippen LogP contribution in [0.1, 0.15) is 19.4 Å². The predicted molar refractivity (Wildman–Crippen MR) is 120 cm³/mol. The number of nitrogens with zero attached hydrogens (tertiary/aromatic N) is 2. The zero-order chi connectivity index (χ0) is 20.8. The predicted octanol–water partition coefficient (Wildman–Crippen LogP) is 4.16. The molecule has 0 bridgehead atoms. The standard InChI is InChI=1S/C22H24ClN3O2S/c1-15(2)13-26-21(28)18-5-3-4-6-19(18)25-22(26)29-14-20(27)24-12-11-16-7-9-17(23)10-8-16/h3-10,15H,11-14H2,1-2H3,(H,24,27). The average Bonchev–Trinajstić information content (AvgIpc) is 2.70. The molecule has 0 radical (unpaired) electrons. The monoisotopic (exact) mass is 429 g/mol. The van der Waals surface area contributed by atoms with Crippen LogP contribution in [-0.4, -0.2) is 27.8 Å². The Morgan fingerprint density at radius 2 is 1.90 bits per heavy atom. The van der Waals surface area contributed by atoms with Crippen LogP contribution in [0.25, 0.3) is 10.9 Å². The van der Waals surface area contributed by atoms with Gasteiger partial charge in [0.15, 0.2) is 5.16 Å². The molecule has 0 unspecified atom stereocenters. The highest BCUT2D eigenvalue weighted by Gasteiger charge is 2.14. The molecule has 3 aromatic rings. The van der Waals surface area contributed by atoms with Crippen molar-refractivity contribution < 1.29 is 4.79 Å². The maximum absolute atomic E-state index is 12.9. The summed E-state index contributed by atoms with van der Waals surface area (Å²) in [5.41, 5.74) is 1.71. The number of carbonyl (C=O) groups is 1. The van der Waals surface area contributed by atoms with Crippen LogP contribution in [0.5, 0.6) is 0 Å². The van der Waals surface area contributed by atoms with Crippen LogP contribution in [-0.2, 0) is 17.8 Å². The second-order valence-electron chi connectivity index (χ2n) is 7.24. The average molecular weight is 430 g/mol. The molecule has 0 aliphatic rings. The fourth-order valence-corrected chi connectivity index (χ4v) is 3.93. The summed E-state index contributed by atoms with van der Waals surface area (Å²) in [7, 11) is 0. The Hall–Kier alpha value is -2.31. The van der Waals surface area contributed by atoms with Crippen molar-refractivity contribution >= 4 is 40.2 Å². The number of thioether (sulfide) groups is 1. The summed E-state index contributed by atoms with van der Waals surface area (Å²) >= 11 is 7.18. The molecule has 0 atom stereocenters. The minimum absolute atomic E-state index is 0.0602. The van der Waals surface area contributed by atoms with Crippen LogP contribution < -0.4 is 10.9 Å². The Labute approximate surface area is 179 Å². The van der Waals surface area contributed by atoms with Crippen molar-refractivity contribution in [3.8, 4) is 0 Å². The third kappa shape index (κ3) is 5.84.